The van der Waals surface area contributed by atoms with E-state index in [1.807, 2.05) is 45.0 Å². The molecule has 2 aromatic heterocycles. The number of amides is 3. The van der Waals surface area contributed by atoms with Crippen LogP contribution in [-0.2, 0) is 4.79 Å². The summed E-state index contributed by atoms with van der Waals surface area (Å²) in [5.41, 5.74) is 7.44. The minimum Gasteiger partial charge on any atom is -0.467 e. The van der Waals surface area contributed by atoms with Crippen LogP contribution in [0.3, 0.4) is 0 Å². The van der Waals surface area contributed by atoms with Gasteiger partial charge in [0.05, 0.1) is 12.0 Å². The Morgan fingerprint density at radius 3 is 2.33 bits per heavy atom. The van der Waals surface area contributed by atoms with Crippen molar-refractivity contribution in [2.75, 3.05) is 10.6 Å². The first-order chi connectivity index (χ1) is 19.0. The molecular formula is C30H39N5O4S. The van der Waals surface area contributed by atoms with E-state index >= 15 is 0 Å². The number of nitrogens with one attached hydrogen (secondary N) is 2. The summed E-state index contributed by atoms with van der Waals surface area (Å²) in [6, 6.07) is 9.75. The largest absolute Gasteiger partial charge is 0.467 e. The first-order valence-corrected chi connectivity index (χ1v) is 14.6. The van der Waals surface area contributed by atoms with E-state index in [9.17, 15) is 14.4 Å². The van der Waals surface area contributed by atoms with E-state index in [1.54, 1.807) is 12.1 Å². The normalized spacial score (nSPS) is 15.1. The zero-order valence-electron chi connectivity index (χ0n) is 23.8. The molecule has 4 N–H and O–H groups in total. The smallest absolute Gasteiger partial charge is 0.273 e. The Morgan fingerprint density at radius 1 is 1.07 bits per heavy atom. The summed E-state index contributed by atoms with van der Waals surface area (Å²) in [5.74, 6) is -0.774. The molecule has 2 heterocycles. The molecule has 214 valence electrons. The van der Waals surface area contributed by atoms with Gasteiger partial charge in [-0.2, -0.15) is 4.37 Å². The van der Waals surface area contributed by atoms with Crippen molar-refractivity contribution in [1.82, 2.24) is 15.0 Å². The van der Waals surface area contributed by atoms with E-state index in [1.165, 1.54) is 11.2 Å². The second-order valence-electron chi connectivity index (χ2n) is 11.7. The topological polar surface area (TPSA) is 131 Å². The molecule has 0 spiro atoms. The quantitative estimate of drug-likeness (QED) is 0.316. The Morgan fingerprint density at radius 2 is 1.75 bits per heavy atom. The fourth-order valence-electron chi connectivity index (χ4n) is 4.89. The van der Waals surface area contributed by atoms with Gasteiger partial charge in [0.2, 0.25) is 0 Å². The van der Waals surface area contributed by atoms with Crippen molar-refractivity contribution in [2.24, 2.45) is 0 Å². The summed E-state index contributed by atoms with van der Waals surface area (Å²) in [6.07, 6.45) is 6.58. The van der Waals surface area contributed by atoms with Gasteiger partial charge >= 0.3 is 0 Å². The molecule has 40 heavy (non-hydrogen) atoms. The molecule has 0 aliphatic heterocycles. The summed E-state index contributed by atoms with van der Waals surface area (Å²) < 4.78 is 9.95. The molecule has 1 aromatic carbocycles. The molecule has 1 aliphatic carbocycles. The summed E-state index contributed by atoms with van der Waals surface area (Å²) in [7, 11) is 0. The Labute approximate surface area is 239 Å². The van der Waals surface area contributed by atoms with Crippen molar-refractivity contribution < 1.29 is 18.8 Å². The number of nitrogens with two attached hydrogens (primary N) is 1. The number of carbonyl (C=O) groups excluding carboxylic acids is 3. The van der Waals surface area contributed by atoms with E-state index in [-0.39, 0.29) is 34.1 Å². The monoisotopic (exact) mass is 565 g/mol. The van der Waals surface area contributed by atoms with Crippen LogP contribution in [0.2, 0.25) is 0 Å². The Bertz CT molecular complexity index is 1320. The highest BCUT2D eigenvalue weighted by molar-refractivity contribution is 7.09. The second-order valence-corrected chi connectivity index (χ2v) is 12.4. The maximum atomic E-state index is 14.3. The summed E-state index contributed by atoms with van der Waals surface area (Å²) in [4.78, 5) is 42.5. The van der Waals surface area contributed by atoms with Crippen LogP contribution in [0.4, 0.5) is 11.4 Å². The van der Waals surface area contributed by atoms with Gasteiger partial charge in [0.25, 0.3) is 17.7 Å². The first kappa shape index (κ1) is 29.3. The average molecular weight is 566 g/mol. The molecule has 9 nitrogen and oxygen atoms in total. The molecule has 4 rings (SSSR count). The molecule has 10 heteroatoms. The van der Waals surface area contributed by atoms with E-state index in [4.69, 9.17) is 10.2 Å². The van der Waals surface area contributed by atoms with Crippen LogP contribution in [-0.4, -0.2) is 33.7 Å². The first-order valence-electron chi connectivity index (χ1n) is 13.8. The minimum atomic E-state index is -1.13. The maximum Gasteiger partial charge on any atom is 0.273 e. The van der Waals surface area contributed by atoms with Crippen LogP contribution in [0, 0.1) is 0 Å². The third-order valence-electron chi connectivity index (χ3n) is 6.95. The molecule has 1 aliphatic rings. The highest BCUT2D eigenvalue weighted by Gasteiger charge is 2.39. The fraction of sp³-hybridized carbons (Fsp3) is 0.467. The second kappa shape index (κ2) is 12.2. The predicted octanol–water partition coefficient (Wildman–Crippen LogP) is 5.81. The summed E-state index contributed by atoms with van der Waals surface area (Å²) >= 11 is 0.856. The highest BCUT2D eigenvalue weighted by atomic mass is 32.1. The predicted molar refractivity (Wildman–Crippen MR) is 158 cm³/mol. The number of nitrogens with zero attached hydrogens (tertiary/aromatic N) is 2. The molecule has 1 fully saturated rings. The lowest BCUT2D eigenvalue weighted by molar-refractivity contribution is -0.124. The molecule has 1 atom stereocenters. The Balaban J connectivity index is 1.75. The Hall–Kier alpha value is -3.66. The van der Waals surface area contributed by atoms with Crippen LogP contribution < -0.4 is 21.3 Å². The molecule has 1 saturated carbocycles. The number of aromatic nitrogens is 1. The van der Waals surface area contributed by atoms with Gasteiger partial charge < -0.3 is 20.8 Å². The van der Waals surface area contributed by atoms with Gasteiger partial charge in [0.15, 0.2) is 11.7 Å². The van der Waals surface area contributed by atoms with Crippen molar-refractivity contribution in [3.8, 4) is 0 Å². The maximum absolute atomic E-state index is 14.3. The van der Waals surface area contributed by atoms with Gasteiger partial charge in [-0.3, -0.25) is 19.3 Å². The minimum absolute atomic E-state index is 0.00142. The summed E-state index contributed by atoms with van der Waals surface area (Å²) in [5, 5.41) is 5.99. The standard InChI is InChI=1S/C30H39N5O4S/c1-18(2)19-13-15-21(16-14-19)35(25(22-12-9-17-39-22)28(37)33-30(3,4)5)29(38)26-23(31)24(34-40-26)27(36)32-20-10-7-6-8-11-20/h9,12-18,20,25H,6-8,10-11,31H2,1-5H3,(H,32,36)(H,33,37)/t25-/m1/s1. The van der Waals surface area contributed by atoms with Crippen LogP contribution in [0.1, 0.15) is 110 Å². The van der Waals surface area contributed by atoms with Gasteiger partial charge in [-0.05, 0) is 80.9 Å². The lowest BCUT2D eigenvalue weighted by atomic mass is 9.95. The van der Waals surface area contributed by atoms with Crippen LogP contribution in [0.25, 0.3) is 0 Å². The van der Waals surface area contributed by atoms with Crippen LogP contribution in [0.15, 0.2) is 47.1 Å². The van der Waals surface area contributed by atoms with E-state index in [0.29, 0.717) is 11.4 Å². The molecule has 0 bridgehead atoms. The van der Waals surface area contributed by atoms with Crippen molar-refractivity contribution in [3.63, 3.8) is 0 Å². The SMILES string of the molecule is CC(C)c1ccc(N(C(=O)c2snc(C(=O)NC3CCCCC3)c2N)[C@@H](C(=O)NC(C)(C)C)c2ccco2)cc1. The van der Waals surface area contributed by atoms with Crippen LogP contribution >= 0.6 is 11.5 Å². The highest BCUT2D eigenvalue weighted by Crippen LogP contribution is 2.34. The Kier molecular flexibility index (Phi) is 8.98. The van der Waals surface area contributed by atoms with Crippen molar-refractivity contribution in [3.05, 3.63) is 64.6 Å². The molecular weight excluding hydrogens is 526 g/mol. The van der Waals surface area contributed by atoms with E-state index in [0.717, 1.165) is 49.2 Å². The third-order valence-corrected chi connectivity index (χ3v) is 7.80. The average Bonchev–Trinajstić information content (AvgIpc) is 3.56. The number of hydrogen-bond acceptors (Lipinski definition) is 7. The fourth-order valence-corrected chi connectivity index (χ4v) is 5.62. The lowest BCUT2D eigenvalue weighted by Gasteiger charge is -2.32. The van der Waals surface area contributed by atoms with E-state index in [2.05, 4.69) is 28.9 Å². The number of carbonyl (C=O) groups is 3. The number of hydrogen-bond donors (Lipinski definition) is 3. The molecule has 3 amide bonds. The zero-order chi connectivity index (χ0) is 29.0. The van der Waals surface area contributed by atoms with Crippen molar-refractivity contribution in [2.45, 2.75) is 90.3 Å². The van der Waals surface area contributed by atoms with Gasteiger partial charge in [-0.1, -0.05) is 45.2 Å². The van der Waals surface area contributed by atoms with Gasteiger partial charge in [0, 0.05) is 17.3 Å². The molecule has 0 saturated heterocycles. The van der Waals surface area contributed by atoms with Crippen molar-refractivity contribution >= 4 is 40.6 Å². The summed E-state index contributed by atoms with van der Waals surface area (Å²) in [6.45, 7) is 9.76. The third kappa shape index (κ3) is 6.72. The number of anilines is 2. The number of rotatable bonds is 8. The number of furan rings is 1. The number of nitrogen functional groups attached to an aromatic ring is 1. The van der Waals surface area contributed by atoms with Crippen LogP contribution in [0.5, 0.6) is 0 Å². The van der Waals surface area contributed by atoms with Crippen molar-refractivity contribution in [1.29, 1.82) is 0 Å². The molecule has 0 radical (unpaired) electrons. The zero-order valence-corrected chi connectivity index (χ0v) is 24.6. The van der Waals surface area contributed by atoms with Gasteiger partial charge in [-0.25, -0.2) is 0 Å². The van der Waals surface area contributed by atoms with Gasteiger partial charge in [-0.15, -0.1) is 0 Å². The molecule has 3 aromatic rings. The van der Waals surface area contributed by atoms with E-state index < -0.39 is 23.4 Å². The number of benzene rings is 1. The lowest BCUT2D eigenvalue weighted by Crippen LogP contribution is -2.49. The molecule has 0 unspecified atom stereocenters. The van der Waals surface area contributed by atoms with Gasteiger partial charge in [0.1, 0.15) is 10.6 Å².